The molecule has 5 aliphatic rings. The van der Waals surface area contributed by atoms with Crippen LogP contribution in [0.3, 0.4) is 0 Å². The van der Waals surface area contributed by atoms with Crippen LogP contribution in [0.2, 0.25) is 0 Å². The van der Waals surface area contributed by atoms with Crippen LogP contribution in [0.4, 0.5) is 11.4 Å². The van der Waals surface area contributed by atoms with E-state index in [2.05, 4.69) is 22.9 Å². The van der Waals surface area contributed by atoms with Gasteiger partial charge in [-0.1, -0.05) is 18.4 Å². The van der Waals surface area contributed by atoms with E-state index in [1.165, 1.54) is 50.5 Å². The Morgan fingerprint density at radius 1 is 0.971 bits per heavy atom. The molecule has 8 heteroatoms. The lowest BCUT2D eigenvalue weighted by molar-refractivity contribution is -0.00545. The number of nitrogens with one attached hydrogen (secondary N) is 1. The zero-order valence-electron chi connectivity index (χ0n) is 20.3. The summed E-state index contributed by atoms with van der Waals surface area (Å²) < 4.78 is 24.3. The second-order valence-electron chi connectivity index (χ2n) is 11.7. The van der Waals surface area contributed by atoms with Gasteiger partial charge in [-0.05, 0) is 98.1 Å². The third-order valence-corrected chi connectivity index (χ3v) is 11.4. The molecule has 3 saturated carbocycles. The Balaban J connectivity index is 1.14. The average molecular weight is 512 g/mol. The van der Waals surface area contributed by atoms with Crippen molar-refractivity contribution in [3.63, 3.8) is 0 Å². The summed E-state index contributed by atoms with van der Waals surface area (Å²) in [6.07, 6.45) is 13.3. The van der Waals surface area contributed by atoms with Crippen LogP contribution >= 0.6 is 11.9 Å². The molecule has 1 N–H and O–H groups in total. The molecule has 1 aromatic carbocycles. The summed E-state index contributed by atoms with van der Waals surface area (Å²) in [5, 5.41) is 0.393. The molecule has 1 aromatic heterocycles. The van der Waals surface area contributed by atoms with Gasteiger partial charge in [-0.15, -0.1) is 0 Å². The van der Waals surface area contributed by atoms with Gasteiger partial charge in [-0.2, -0.15) is 0 Å². The van der Waals surface area contributed by atoms with Crippen molar-refractivity contribution in [2.75, 3.05) is 35.5 Å². The van der Waals surface area contributed by atoms with Crippen molar-refractivity contribution in [3.8, 4) is 0 Å². The molecule has 3 aliphatic carbocycles. The Morgan fingerprint density at radius 2 is 1.71 bits per heavy atom. The maximum Gasteiger partial charge on any atom is 0.294 e. The molecule has 2 aliphatic heterocycles. The smallest absolute Gasteiger partial charge is 0.294 e. The summed E-state index contributed by atoms with van der Waals surface area (Å²) in [5.41, 5.74) is 4.39. The standard InChI is InChI=1S/C27H33N3O3S2/c1-34-28-19-3-4-21-20(15-19)27(13-11-25(9-10-25)12-14-27)18-30(21)24(31)22-5-6-23(33-22)35(32)29-16-26(17-29)7-2-8-26/h3-6,15,28H,2,7-14,16-18H2,1H3. The highest BCUT2D eigenvalue weighted by atomic mass is 32.2. The van der Waals surface area contributed by atoms with Crippen LogP contribution in [0, 0.1) is 10.8 Å². The Hall–Kier alpha value is -1.77. The predicted octanol–water partition coefficient (Wildman–Crippen LogP) is 5.73. The van der Waals surface area contributed by atoms with Crippen molar-refractivity contribution in [2.45, 2.75) is 68.3 Å². The van der Waals surface area contributed by atoms with Gasteiger partial charge >= 0.3 is 0 Å². The van der Waals surface area contributed by atoms with Gasteiger partial charge in [0, 0.05) is 42.7 Å². The van der Waals surface area contributed by atoms with Crippen molar-refractivity contribution in [1.29, 1.82) is 0 Å². The fourth-order valence-corrected chi connectivity index (χ4v) is 8.74. The van der Waals surface area contributed by atoms with E-state index in [1.54, 1.807) is 24.1 Å². The maximum absolute atomic E-state index is 13.7. The molecular weight excluding hydrogens is 478 g/mol. The van der Waals surface area contributed by atoms with Crippen LogP contribution in [0.5, 0.6) is 0 Å². The van der Waals surface area contributed by atoms with E-state index >= 15 is 0 Å². The first-order valence-electron chi connectivity index (χ1n) is 13.0. The maximum atomic E-state index is 13.7. The van der Waals surface area contributed by atoms with Gasteiger partial charge in [-0.3, -0.25) is 4.79 Å². The van der Waals surface area contributed by atoms with E-state index in [0.717, 1.165) is 37.3 Å². The number of benzene rings is 1. The Bertz CT molecular complexity index is 1200. The van der Waals surface area contributed by atoms with Gasteiger partial charge in [0.2, 0.25) is 5.09 Å². The predicted molar refractivity (Wildman–Crippen MR) is 140 cm³/mol. The second-order valence-corrected chi connectivity index (χ2v) is 13.8. The minimum Gasteiger partial charge on any atom is -0.441 e. The second kappa shape index (κ2) is 7.86. The van der Waals surface area contributed by atoms with Crippen LogP contribution in [-0.2, 0) is 16.4 Å². The molecule has 6 nitrogen and oxygen atoms in total. The number of carbonyl (C=O) groups excluding carboxylic acids is 1. The highest BCUT2D eigenvalue weighted by Crippen LogP contribution is 2.62. The molecule has 186 valence electrons. The summed E-state index contributed by atoms with van der Waals surface area (Å²) in [6, 6.07) is 9.84. The molecule has 0 radical (unpaired) electrons. The van der Waals surface area contributed by atoms with E-state index < -0.39 is 11.0 Å². The zero-order chi connectivity index (χ0) is 23.8. The molecule has 3 heterocycles. The Morgan fingerprint density at radius 3 is 2.37 bits per heavy atom. The molecule has 35 heavy (non-hydrogen) atoms. The fourth-order valence-electron chi connectivity index (χ4n) is 7.00. The van der Waals surface area contributed by atoms with E-state index in [0.29, 0.717) is 22.5 Å². The molecule has 2 aromatic rings. The number of hydrogen-bond donors (Lipinski definition) is 1. The topological polar surface area (TPSA) is 65.8 Å². The number of hydrogen-bond acceptors (Lipinski definition) is 5. The molecule has 1 amide bonds. The van der Waals surface area contributed by atoms with Crippen LogP contribution in [0.1, 0.15) is 73.9 Å². The third-order valence-electron chi connectivity index (χ3n) is 9.65. The number of nitrogens with zero attached hydrogens (tertiary/aromatic N) is 2. The highest BCUT2D eigenvalue weighted by Gasteiger charge is 2.54. The van der Waals surface area contributed by atoms with Gasteiger partial charge in [0.05, 0.1) is 0 Å². The average Bonchev–Trinajstić information content (AvgIpc) is 3.26. The lowest BCUT2D eigenvalue weighted by atomic mass is 9.65. The normalized spacial score (nSPS) is 25.8. The summed E-state index contributed by atoms with van der Waals surface area (Å²) >= 11 is 1.59. The third kappa shape index (κ3) is 3.54. The van der Waals surface area contributed by atoms with Gasteiger partial charge < -0.3 is 14.0 Å². The number of anilines is 2. The quantitative estimate of drug-likeness (QED) is 0.520. The summed E-state index contributed by atoms with van der Waals surface area (Å²) in [5.74, 6) is 0.166. The molecule has 0 bridgehead atoms. The van der Waals surface area contributed by atoms with E-state index in [-0.39, 0.29) is 17.1 Å². The van der Waals surface area contributed by atoms with E-state index in [1.807, 2.05) is 15.5 Å². The zero-order valence-corrected chi connectivity index (χ0v) is 21.9. The van der Waals surface area contributed by atoms with Crippen molar-refractivity contribution in [1.82, 2.24) is 4.31 Å². The van der Waals surface area contributed by atoms with Crippen molar-refractivity contribution >= 4 is 40.2 Å². The van der Waals surface area contributed by atoms with Crippen LogP contribution in [0.25, 0.3) is 0 Å². The highest BCUT2D eigenvalue weighted by molar-refractivity contribution is 7.99. The van der Waals surface area contributed by atoms with E-state index in [4.69, 9.17) is 4.42 Å². The van der Waals surface area contributed by atoms with Crippen LogP contribution in [-0.4, -0.2) is 40.3 Å². The van der Waals surface area contributed by atoms with Gasteiger partial charge in [-0.25, -0.2) is 8.51 Å². The monoisotopic (exact) mass is 511 g/mol. The molecule has 1 atom stereocenters. The van der Waals surface area contributed by atoms with E-state index in [9.17, 15) is 9.00 Å². The van der Waals surface area contributed by atoms with Gasteiger partial charge in [0.15, 0.2) is 16.7 Å². The first kappa shape index (κ1) is 22.4. The SMILES string of the molecule is CSNc1ccc2c(c1)C1(CCC3(CC3)CC1)CN2C(=O)c1ccc(S(=O)N2CC3(CCC3)C2)o1. The van der Waals surface area contributed by atoms with Crippen molar-refractivity contribution in [2.24, 2.45) is 10.8 Å². The van der Waals surface area contributed by atoms with Gasteiger partial charge in [0.1, 0.15) is 0 Å². The van der Waals surface area contributed by atoms with Crippen LogP contribution in [0.15, 0.2) is 39.8 Å². The van der Waals surface area contributed by atoms with Crippen molar-refractivity contribution < 1.29 is 13.4 Å². The number of rotatable bonds is 5. The Kier molecular flexibility index (Phi) is 5.04. The lowest BCUT2D eigenvalue weighted by Crippen LogP contribution is -2.59. The number of fused-ring (bicyclic) bond motifs is 2. The first-order valence-corrected chi connectivity index (χ1v) is 15.3. The molecular formula is C27H33N3O3S2. The number of carbonyl (C=O) groups is 1. The molecule has 3 spiro atoms. The van der Waals surface area contributed by atoms with Crippen molar-refractivity contribution in [3.05, 3.63) is 41.7 Å². The Labute approximate surface area is 213 Å². The largest absolute Gasteiger partial charge is 0.441 e. The van der Waals surface area contributed by atoms with Crippen LogP contribution < -0.4 is 9.62 Å². The molecule has 1 unspecified atom stereocenters. The summed E-state index contributed by atoms with van der Waals surface area (Å²) in [6.45, 7) is 2.45. The fraction of sp³-hybridized carbons (Fsp3) is 0.593. The minimum atomic E-state index is -1.33. The lowest BCUT2D eigenvalue weighted by Gasteiger charge is -2.54. The molecule has 7 rings (SSSR count). The first-order chi connectivity index (χ1) is 16.9. The molecule has 1 saturated heterocycles. The number of amides is 1. The molecule has 4 fully saturated rings. The number of furan rings is 1. The summed E-state index contributed by atoms with van der Waals surface area (Å²) in [4.78, 5) is 15.7. The van der Waals surface area contributed by atoms with Gasteiger partial charge in [0.25, 0.3) is 5.91 Å². The minimum absolute atomic E-state index is 0.0158. The summed E-state index contributed by atoms with van der Waals surface area (Å²) in [7, 11) is -1.33.